The van der Waals surface area contributed by atoms with Gasteiger partial charge in [-0.05, 0) is 106 Å². The number of fused-ring (bicyclic) bond motifs is 2. The van der Waals surface area contributed by atoms with Crippen LogP contribution in [0.3, 0.4) is 0 Å². The maximum atomic E-state index is 13.9. The van der Waals surface area contributed by atoms with E-state index in [9.17, 15) is 9.59 Å². The van der Waals surface area contributed by atoms with Crippen molar-refractivity contribution in [1.82, 2.24) is 24.9 Å². The first-order chi connectivity index (χ1) is 23.9. The van der Waals surface area contributed by atoms with Crippen molar-refractivity contribution < 1.29 is 9.59 Å². The van der Waals surface area contributed by atoms with Gasteiger partial charge in [0.05, 0.1) is 24.1 Å². The van der Waals surface area contributed by atoms with Crippen molar-refractivity contribution in [3.8, 4) is 0 Å². The molecule has 9 nitrogen and oxygen atoms in total. The molecule has 2 fully saturated rings. The van der Waals surface area contributed by atoms with Crippen molar-refractivity contribution in [3.05, 3.63) is 107 Å². The smallest absolute Gasteiger partial charge is 0.258 e. The highest BCUT2D eigenvalue weighted by Gasteiger charge is 2.28. The predicted octanol–water partition coefficient (Wildman–Crippen LogP) is 6.06. The van der Waals surface area contributed by atoms with Gasteiger partial charge in [-0.2, -0.15) is 5.10 Å². The molecule has 0 aliphatic carbocycles. The Morgan fingerprint density at radius 2 is 1.67 bits per heavy atom. The fraction of sp³-hybridized carbons (Fsp3) is 0.425. The molecular formula is C40H49N7O2. The summed E-state index contributed by atoms with van der Waals surface area (Å²) in [6, 6.07) is 25.2. The molecule has 0 atom stereocenters. The van der Waals surface area contributed by atoms with E-state index in [0.717, 1.165) is 86.0 Å². The first kappa shape index (κ1) is 33.0. The Hall–Kier alpha value is -4.47. The largest absolute Gasteiger partial charge is 0.343 e. The summed E-state index contributed by atoms with van der Waals surface area (Å²) in [5.74, 6) is 1.71. The predicted molar refractivity (Wildman–Crippen MR) is 195 cm³/mol. The van der Waals surface area contributed by atoms with E-state index in [2.05, 4.69) is 55.9 Å². The molecule has 3 aromatic carbocycles. The van der Waals surface area contributed by atoms with Crippen LogP contribution in [0.5, 0.6) is 0 Å². The highest BCUT2D eigenvalue weighted by molar-refractivity contribution is 6.08. The lowest BCUT2D eigenvalue weighted by Crippen LogP contribution is -2.45. The van der Waals surface area contributed by atoms with Gasteiger partial charge in [0.1, 0.15) is 5.82 Å². The zero-order chi connectivity index (χ0) is 33.7. The van der Waals surface area contributed by atoms with Gasteiger partial charge in [-0.25, -0.2) is 0 Å². The average Bonchev–Trinajstić information content (AvgIpc) is 3.38. The number of likely N-dealkylation sites (tertiary alicyclic amines) is 2. The number of carbonyl (C=O) groups is 2. The van der Waals surface area contributed by atoms with Gasteiger partial charge >= 0.3 is 0 Å². The third-order valence-corrected chi connectivity index (χ3v) is 10.7. The topological polar surface area (TPSA) is 85.7 Å². The molecule has 2 saturated heterocycles. The van der Waals surface area contributed by atoms with Gasteiger partial charge in [0.25, 0.3) is 5.91 Å². The molecule has 9 heteroatoms. The summed E-state index contributed by atoms with van der Waals surface area (Å²) in [7, 11) is 1.90. The van der Waals surface area contributed by atoms with E-state index in [4.69, 9.17) is 0 Å². The van der Waals surface area contributed by atoms with Gasteiger partial charge in [0, 0.05) is 50.3 Å². The minimum atomic E-state index is -0.0532. The van der Waals surface area contributed by atoms with E-state index in [1.165, 1.54) is 18.4 Å². The summed E-state index contributed by atoms with van der Waals surface area (Å²) in [5, 5.41) is 11.7. The molecule has 0 saturated carbocycles. The van der Waals surface area contributed by atoms with E-state index in [1.807, 2.05) is 67.5 Å². The molecule has 1 aromatic heterocycles. The van der Waals surface area contributed by atoms with Crippen molar-refractivity contribution in [2.75, 3.05) is 42.9 Å². The number of anilines is 3. The Morgan fingerprint density at radius 1 is 0.918 bits per heavy atom. The van der Waals surface area contributed by atoms with Crippen molar-refractivity contribution >= 4 is 29.0 Å². The number of aryl methyl sites for hydroxylation is 3. The molecule has 7 rings (SSSR count). The lowest BCUT2D eigenvalue weighted by molar-refractivity contribution is -0.132. The third-order valence-electron chi connectivity index (χ3n) is 10.7. The lowest BCUT2D eigenvalue weighted by atomic mass is 9.95. The minimum Gasteiger partial charge on any atom is -0.343 e. The highest BCUT2D eigenvalue weighted by Crippen LogP contribution is 2.36. The first-order valence-corrected chi connectivity index (χ1v) is 18.0. The molecule has 3 aliphatic rings. The summed E-state index contributed by atoms with van der Waals surface area (Å²) in [4.78, 5) is 33.6. The summed E-state index contributed by atoms with van der Waals surface area (Å²) >= 11 is 0. The fourth-order valence-corrected chi connectivity index (χ4v) is 7.66. The molecule has 0 unspecified atom stereocenters. The van der Waals surface area contributed by atoms with Crippen LogP contribution in [0, 0.1) is 12.8 Å². The van der Waals surface area contributed by atoms with Crippen LogP contribution in [0.4, 0.5) is 17.2 Å². The Balaban J connectivity index is 0.862. The summed E-state index contributed by atoms with van der Waals surface area (Å²) < 4.78 is 1.80. The Bertz CT molecular complexity index is 1750. The molecule has 2 N–H and O–H groups in total. The standard InChI is InChI=1S/C40H49N7O2/c1-29-24-33(40(49)47-28-34-26-42-44(2)39(34)43-36-10-6-7-11-37(36)47)13-12-32(29)14-15-38(48)46-22-16-30(17-23-46)25-41-35-18-20-45(21-19-35)27-31-8-4-3-5-9-31/h3-13,24,26,30,35,41,43H,14-23,25,27-28H2,1-2H3. The Morgan fingerprint density at radius 3 is 2.45 bits per heavy atom. The van der Waals surface area contributed by atoms with Crippen LogP contribution in [0.1, 0.15) is 64.7 Å². The van der Waals surface area contributed by atoms with Crippen molar-refractivity contribution in [1.29, 1.82) is 0 Å². The molecule has 0 spiro atoms. The van der Waals surface area contributed by atoms with Crippen LogP contribution in [0.25, 0.3) is 0 Å². The quantitative estimate of drug-likeness (QED) is 0.227. The minimum absolute atomic E-state index is 0.0532. The number of rotatable bonds is 9. The molecular weight excluding hydrogens is 610 g/mol. The fourth-order valence-electron chi connectivity index (χ4n) is 7.66. The number of aromatic nitrogens is 2. The second kappa shape index (κ2) is 15.0. The second-order valence-corrected chi connectivity index (χ2v) is 14.1. The SMILES string of the molecule is Cc1cc(C(=O)N2Cc3cnn(C)c3Nc3ccccc32)ccc1CCC(=O)N1CCC(CNC2CCN(Cc3ccccc3)CC2)CC1. The van der Waals surface area contributed by atoms with Gasteiger partial charge in [-0.3, -0.25) is 19.2 Å². The van der Waals surface area contributed by atoms with Crippen molar-refractivity contribution in [3.63, 3.8) is 0 Å². The van der Waals surface area contributed by atoms with E-state index in [1.54, 1.807) is 4.68 Å². The molecule has 0 radical (unpaired) electrons. The monoisotopic (exact) mass is 659 g/mol. The number of benzene rings is 3. The van der Waals surface area contributed by atoms with E-state index in [0.29, 0.717) is 36.9 Å². The number of para-hydroxylation sites is 2. The zero-order valence-electron chi connectivity index (χ0n) is 28.9. The van der Waals surface area contributed by atoms with Crippen LogP contribution in [0.2, 0.25) is 0 Å². The highest BCUT2D eigenvalue weighted by atomic mass is 16.2. The van der Waals surface area contributed by atoms with Crippen molar-refractivity contribution in [2.45, 2.75) is 64.6 Å². The molecule has 49 heavy (non-hydrogen) atoms. The van der Waals surface area contributed by atoms with Crippen LogP contribution < -0.4 is 15.5 Å². The van der Waals surface area contributed by atoms with Crippen LogP contribution in [-0.4, -0.2) is 70.2 Å². The Labute approximate surface area is 290 Å². The summed E-state index contributed by atoms with van der Waals surface area (Å²) in [5.41, 5.74) is 6.88. The van der Waals surface area contributed by atoms with Gasteiger partial charge < -0.3 is 20.4 Å². The van der Waals surface area contributed by atoms with Gasteiger partial charge in [-0.15, -0.1) is 0 Å². The Kier molecular flexibility index (Phi) is 10.1. The van der Waals surface area contributed by atoms with Gasteiger partial charge in [-0.1, -0.05) is 48.5 Å². The second-order valence-electron chi connectivity index (χ2n) is 14.1. The maximum absolute atomic E-state index is 13.9. The van der Waals surface area contributed by atoms with Gasteiger partial charge in [0.2, 0.25) is 5.91 Å². The summed E-state index contributed by atoms with van der Waals surface area (Å²) in [6.07, 6.45) is 7.53. The number of piperidine rings is 2. The summed E-state index contributed by atoms with van der Waals surface area (Å²) in [6.45, 7) is 8.56. The van der Waals surface area contributed by atoms with Crippen LogP contribution in [-0.2, 0) is 31.4 Å². The molecule has 256 valence electrons. The number of nitrogens with one attached hydrogen (secondary N) is 2. The lowest BCUT2D eigenvalue weighted by Gasteiger charge is -2.35. The van der Waals surface area contributed by atoms with Crippen molar-refractivity contribution in [2.24, 2.45) is 13.0 Å². The van der Waals surface area contributed by atoms with E-state index >= 15 is 0 Å². The first-order valence-electron chi connectivity index (χ1n) is 18.0. The molecule has 2 amide bonds. The zero-order valence-corrected chi connectivity index (χ0v) is 28.9. The molecule has 3 aliphatic heterocycles. The van der Waals surface area contributed by atoms with Gasteiger partial charge in [0.15, 0.2) is 0 Å². The number of amides is 2. The number of hydrogen-bond donors (Lipinski definition) is 2. The normalized spacial score (nSPS) is 17.3. The van der Waals surface area contributed by atoms with Crippen LogP contribution >= 0.6 is 0 Å². The number of carbonyl (C=O) groups excluding carboxylic acids is 2. The maximum Gasteiger partial charge on any atom is 0.258 e. The molecule has 4 heterocycles. The van der Waals surface area contributed by atoms with E-state index in [-0.39, 0.29) is 11.8 Å². The molecule has 0 bridgehead atoms. The van der Waals surface area contributed by atoms with Crippen LogP contribution in [0.15, 0.2) is 79.0 Å². The number of nitrogens with zero attached hydrogens (tertiary/aromatic N) is 5. The average molecular weight is 660 g/mol. The number of hydrogen-bond acceptors (Lipinski definition) is 6. The molecule has 4 aromatic rings. The third kappa shape index (κ3) is 7.73. The van der Waals surface area contributed by atoms with E-state index < -0.39 is 0 Å².